The Bertz CT molecular complexity index is 200. The fourth-order valence-corrected chi connectivity index (χ4v) is 2.62. The molecule has 3 nitrogen and oxygen atoms in total. The quantitative estimate of drug-likeness (QED) is 0.657. The lowest BCUT2D eigenvalue weighted by molar-refractivity contribution is -0.136. The van der Waals surface area contributed by atoms with E-state index in [-0.39, 0.29) is 6.42 Å². The second-order valence-electron chi connectivity index (χ2n) is 5.19. The molecule has 0 bridgehead atoms. The van der Waals surface area contributed by atoms with E-state index in [1.807, 2.05) is 0 Å². The average molecular weight is 227 g/mol. The minimum Gasteiger partial charge on any atom is -0.481 e. The van der Waals surface area contributed by atoms with Gasteiger partial charge in [0.2, 0.25) is 0 Å². The van der Waals surface area contributed by atoms with Crippen LogP contribution in [-0.4, -0.2) is 24.2 Å². The number of nitrogens with one attached hydrogen (secondary N) is 1. The van der Waals surface area contributed by atoms with E-state index in [1.165, 1.54) is 38.5 Å². The smallest absolute Gasteiger partial charge is 0.304 e. The third-order valence-corrected chi connectivity index (χ3v) is 3.47. The largest absolute Gasteiger partial charge is 0.481 e. The van der Waals surface area contributed by atoms with Crippen molar-refractivity contribution in [2.24, 2.45) is 11.8 Å². The number of hydrogen-bond acceptors (Lipinski definition) is 2. The normalized spacial score (nSPS) is 19.6. The predicted molar refractivity (Wildman–Crippen MR) is 65.5 cm³/mol. The summed E-state index contributed by atoms with van der Waals surface area (Å²) in [4.78, 5) is 10.3. The van der Waals surface area contributed by atoms with Crippen molar-refractivity contribution in [1.82, 2.24) is 5.32 Å². The Morgan fingerprint density at radius 1 is 1.38 bits per heavy atom. The van der Waals surface area contributed by atoms with Gasteiger partial charge >= 0.3 is 5.97 Å². The van der Waals surface area contributed by atoms with Crippen molar-refractivity contribution in [2.75, 3.05) is 13.1 Å². The highest BCUT2D eigenvalue weighted by Crippen LogP contribution is 2.28. The summed E-state index contributed by atoms with van der Waals surface area (Å²) in [7, 11) is 0. The van der Waals surface area contributed by atoms with Gasteiger partial charge in [-0.25, -0.2) is 0 Å². The number of carboxylic acid groups (broad SMARTS) is 1. The Labute approximate surface area is 98.6 Å². The molecular formula is C13H25NO2. The van der Waals surface area contributed by atoms with E-state index in [1.54, 1.807) is 0 Å². The second-order valence-corrected chi connectivity index (χ2v) is 5.19. The highest BCUT2D eigenvalue weighted by molar-refractivity contribution is 5.66. The lowest BCUT2D eigenvalue weighted by atomic mass is 9.83. The van der Waals surface area contributed by atoms with Gasteiger partial charge in [-0.1, -0.05) is 39.0 Å². The Hall–Kier alpha value is -0.570. The van der Waals surface area contributed by atoms with Crippen LogP contribution in [0.3, 0.4) is 0 Å². The van der Waals surface area contributed by atoms with Gasteiger partial charge in [0, 0.05) is 6.54 Å². The van der Waals surface area contributed by atoms with Gasteiger partial charge in [0.05, 0.1) is 6.42 Å². The van der Waals surface area contributed by atoms with Crippen molar-refractivity contribution in [1.29, 1.82) is 0 Å². The Balaban J connectivity index is 2.01. The van der Waals surface area contributed by atoms with E-state index in [4.69, 9.17) is 5.11 Å². The molecule has 0 radical (unpaired) electrons. The van der Waals surface area contributed by atoms with Crippen LogP contribution < -0.4 is 5.32 Å². The first-order valence-electron chi connectivity index (χ1n) is 6.61. The van der Waals surface area contributed by atoms with E-state index < -0.39 is 5.97 Å². The zero-order valence-electron chi connectivity index (χ0n) is 10.4. The Kier molecular flexibility index (Phi) is 6.46. The molecule has 2 N–H and O–H groups in total. The van der Waals surface area contributed by atoms with Crippen molar-refractivity contribution in [3.05, 3.63) is 0 Å². The number of aliphatic carboxylic acids is 1. The van der Waals surface area contributed by atoms with Crippen LogP contribution in [0.4, 0.5) is 0 Å². The summed E-state index contributed by atoms with van der Waals surface area (Å²) in [6.07, 6.45) is 8.57. The highest BCUT2D eigenvalue weighted by atomic mass is 16.4. The summed E-state index contributed by atoms with van der Waals surface area (Å²) in [6.45, 7) is 3.83. The summed E-state index contributed by atoms with van der Waals surface area (Å²) in [5, 5.41) is 11.7. The first-order valence-corrected chi connectivity index (χ1v) is 6.61. The molecule has 0 aromatic rings. The third kappa shape index (κ3) is 6.11. The molecule has 1 fully saturated rings. The summed E-state index contributed by atoms with van der Waals surface area (Å²) in [5.41, 5.74) is 0. The van der Waals surface area contributed by atoms with E-state index in [2.05, 4.69) is 12.2 Å². The monoisotopic (exact) mass is 227 g/mol. The topological polar surface area (TPSA) is 49.3 Å². The number of carbonyl (C=O) groups is 1. The van der Waals surface area contributed by atoms with Gasteiger partial charge < -0.3 is 10.4 Å². The summed E-state index contributed by atoms with van der Waals surface area (Å²) in [6, 6.07) is 0. The molecule has 94 valence electrons. The predicted octanol–water partition coefficient (Wildman–Crippen LogP) is 2.66. The van der Waals surface area contributed by atoms with E-state index in [0.29, 0.717) is 12.5 Å². The maximum atomic E-state index is 10.3. The minimum absolute atomic E-state index is 0.232. The number of rotatable bonds is 7. The lowest BCUT2D eigenvalue weighted by Crippen LogP contribution is -2.25. The van der Waals surface area contributed by atoms with Gasteiger partial charge in [-0.3, -0.25) is 4.79 Å². The van der Waals surface area contributed by atoms with Crippen LogP contribution in [0.25, 0.3) is 0 Å². The maximum Gasteiger partial charge on any atom is 0.304 e. The first-order chi connectivity index (χ1) is 7.68. The molecule has 0 aromatic carbocycles. The van der Waals surface area contributed by atoms with Crippen molar-refractivity contribution in [3.8, 4) is 0 Å². The zero-order valence-corrected chi connectivity index (χ0v) is 10.4. The van der Waals surface area contributed by atoms with Crippen LogP contribution in [-0.2, 0) is 4.79 Å². The number of hydrogen-bond donors (Lipinski definition) is 2. The standard InChI is InChI=1S/C13H25NO2/c1-11(10-14-8-7-13(15)16)9-12-5-3-2-4-6-12/h11-12,14H,2-10H2,1H3,(H,15,16). The molecular weight excluding hydrogens is 202 g/mol. The van der Waals surface area contributed by atoms with Crippen LogP contribution in [0.1, 0.15) is 51.9 Å². The minimum atomic E-state index is -0.715. The Morgan fingerprint density at radius 2 is 2.06 bits per heavy atom. The van der Waals surface area contributed by atoms with E-state index >= 15 is 0 Å². The first kappa shape index (κ1) is 13.5. The molecule has 1 saturated carbocycles. The van der Waals surface area contributed by atoms with Crippen LogP contribution in [0, 0.1) is 11.8 Å². The fourth-order valence-electron chi connectivity index (χ4n) is 2.62. The zero-order chi connectivity index (χ0) is 11.8. The van der Waals surface area contributed by atoms with Gasteiger partial charge in [0.15, 0.2) is 0 Å². The second kappa shape index (κ2) is 7.66. The molecule has 1 aliphatic carbocycles. The summed E-state index contributed by atoms with van der Waals surface area (Å²) < 4.78 is 0. The van der Waals surface area contributed by atoms with E-state index in [9.17, 15) is 4.79 Å². The highest BCUT2D eigenvalue weighted by Gasteiger charge is 2.16. The van der Waals surface area contributed by atoms with Crippen molar-refractivity contribution >= 4 is 5.97 Å². The molecule has 0 spiro atoms. The fraction of sp³-hybridized carbons (Fsp3) is 0.923. The molecule has 16 heavy (non-hydrogen) atoms. The van der Waals surface area contributed by atoms with Crippen molar-refractivity contribution < 1.29 is 9.90 Å². The van der Waals surface area contributed by atoms with Crippen molar-refractivity contribution in [3.63, 3.8) is 0 Å². The van der Waals surface area contributed by atoms with Crippen LogP contribution in [0.5, 0.6) is 0 Å². The molecule has 1 aliphatic rings. The molecule has 0 aliphatic heterocycles. The summed E-state index contributed by atoms with van der Waals surface area (Å²) in [5.74, 6) is 0.884. The maximum absolute atomic E-state index is 10.3. The Morgan fingerprint density at radius 3 is 2.69 bits per heavy atom. The van der Waals surface area contributed by atoms with E-state index in [0.717, 1.165) is 12.5 Å². The lowest BCUT2D eigenvalue weighted by Gasteiger charge is -2.24. The molecule has 0 saturated heterocycles. The van der Waals surface area contributed by atoms with Crippen molar-refractivity contribution in [2.45, 2.75) is 51.9 Å². The third-order valence-electron chi connectivity index (χ3n) is 3.47. The number of carboxylic acids is 1. The molecule has 1 atom stereocenters. The van der Waals surface area contributed by atoms with Crippen LogP contribution >= 0.6 is 0 Å². The van der Waals surface area contributed by atoms with Gasteiger partial charge in [-0.15, -0.1) is 0 Å². The van der Waals surface area contributed by atoms with Gasteiger partial charge in [0.25, 0.3) is 0 Å². The molecule has 1 unspecified atom stereocenters. The van der Waals surface area contributed by atoms with Gasteiger partial charge in [0.1, 0.15) is 0 Å². The van der Waals surface area contributed by atoms with Gasteiger partial charge in [-0.05, 0) is 24.8 Å². The molecule has 0 heterocycles. The molecule has 3 heteroatoms. The van der Waals surface area contributed by atoms with Crippen LogP contribution in [0.15, 0.2) is 0 Å². The van der Waals surface area contributed by atoms with Gasteiger partial charge in [-0.2, -0.15) is 0 Å². The summed E-state index contributed by atoms with van der Waals surface area (Å²) >= 11 is 0. The SMILES string of the molecule is CC(CNCCC(=O)O)CC1CCCCC1. The van der Waals surface area contributed by atoms with Crippen LogP contribution in [0.2, 0.25) is 0 Å². The molecule has 1 rings (SSSR count). The molecule has 0 amide bonds. The molecule has 0 aromatic heterocycles. The average Bonchev–Trinajstić information content (AvgIpc) is 2.25.